The first-order chi connectivity index (χ1) is 15.4. The summed E-state index contributed by atoms with van der Waals surface area (Å²) < 4.78 is 4.89. The number of benzene rings is 2. The number of thioether (sulfide) groups is 1. The summed E-state index contributed by atoms with van der Waals surface area (Å²) in [5.41, 5.74) is 1.25. The van der Waals surface area contributed by atoms with E-state index >= 15 is 0 Å². The molecular weight excluding hydrogens is 434 g/mol. The van der Waals surface area contributed by atoms with E-state index in [2.05, 4.69) is 10.6 Å². The van der Waals surface area contributed by atoms with Gasteiger partial charge in [0.15, 0.2) is 0 Å². The van der Waals surface area contributed by atoms with Crippen LogP contribution in [0.4, 0.5) is 16.2 Å². The van der Waals surface area contributed by atoms with Crippen molar-refractivity contribution >= 4 is 52.1 Å². The highest BCUT2D eigenvalue weighted by molar-refractivity contribution is 8.18. The summed E-state index contributed by atoms with van der Waals surface area (Å²) in [5, 5.41) is 4.49. The molecule has 1 aliphatic heterocycles. The molecule has 0 unspecified atom stereocenters. The van der Waals surface area contributed by atoms with Gasteiger partial charge in [0.05, 0.1) is 17.1 Å². The Hall–Kier alpha value is -3.92. The molecule has 4 amide bonds. The van der Waals surface area contributed by atoms with Crippen LogP contribution in [0.25, 0.3) is 0 Å². The van der Waals surface area contributed by atoms with Gasteiger partial charge in [-0.1, -0.05) is 18.2 Å². The third kappa shape index (κ3) is 5.82. The van der Waals surface area contributed by atoms with Gasteiger partial charge in [0.1, 0.15) is 6.54 Å². The summed E-state index contributed by atoms with van der Waals surface area (Å²) in [6.45, 7) is 1.43. The molecule has 164 valence electrons. The minimum Gasteiger partial charge on any atom is -0.462 e. The Bertz CT molecular complexity index is 1080. The lowest BCUT2D eigenvalue weighted by atomic mass is 10.2. The number of ether oxygens (including phenoxy) is 1. The number of rotatable bonds is 7. The van der Waals surface area contributed by atoms with Gasteiger partial charge in [-0.15, -0.1) is 0 Å². The molecule has 32 heavy (non-hydrogen) atoms. The molecule has 0 aromatic heterocycles. The van der Waals surface area contributed by atoms with Gasteiger partial charge in [-0.3, -0.25) is 24.1 Å². The first-order valence-electron chi connectivity index (χ1n) is 9.56. The van der Waals surface area contributed by atoms with Crippen LogP contribution in [0.15, 0.2) is 65.6 Å². The molecule has 10 heteroatoms. The van der Waals surface area contributed by atoms with Crippen LogP contribution in [-0.4, -0.2) is 47.0 Å². The third-order valence-electron chi connectivity index (χ3n) is 4.16. The van der Waals surface area contributed by atoms with Crippen LogP contribution in [0, 0.1) is 0 Å². The van der Waals surface area contributed by atoms with Crippen molar-refractivity contribution in [2.45, 2.75) is 6.92 Å². The van der Waals surface area contributed by atoms with Crippen LogP contribution in [0.2, 0.25) is 0 Å². The normalized spacial score (nSPS) is 14.4. The molecule has 2 aromatic carbocycles. The molecule has 1 fully saturated rings. The van der Waals surface area contributed by atoms with Crippen LogP contribution in [0.3, 0.4) is 0 Å². The van der Waals surface area contributed by atoms with Gasteiger partial charge in [-0.2, -0.15) is 0 Å². The largest absolute Gasteiger partial charge is 0.462 e. The van der Waals surface area contributed by atoms with Gasteiger partial charge in [0.25, 0.3) is 11.1 Å². The molecule has 0 saturated carbocycles. The van der Waals surface area contributed by atoms with E-state index in [-0.39, 0.29) is 11.5 Å². The highest BCUT2D eigenvalue weighted by Crippen LogP contribution is 2.30. The number of hydrogen-bond donors (Lipinski definition) is 2. The lowest BCUT2D eigenvalue weighted by Gasteiger charge is -2.12. The minimum atomic E-state index is -0.726. The van der Waals surface area contributed by atoms with E-state index in [9.17, 15) is 24.0 Å². The number of anilines is 2. The number of nitrogens with zero attached hydrogens (tertiary/aromatic N) is 1. The summed E-state index contributed by atoms with van der Waals surface area (Å²) in [6.07, 6.45) is 1.03. The maximum atomic E-state index is 12.5. The Morgan fingerprint density at radius 1 is 0.969 bits per heavy atom. The fraction of sp³-hybridized carbons (Fsp3) is 0.136. The number of amides is 4. The number of imide groups is 1. The molecule has 9 nitrogen and oxygen atoms in total. The molecule has 0 atom stereocenters. The standard InChI is InChI=1S/C22H19N3O6S/c1-2-31-21(29)14-8-10-16(11-9-14)24-19(27)13-25-20(28)17(32-22(25)30)12-18(26)23-15-6-4-3-5-7-15/h3-12H,2,13H2,1H3,(H,23,26)(H,24,27). The number of nitrogens with one attached hydrogen (secondary N) is 2. The lowest BCUT2D eigenvalue weighted by molar-refractivity contribution is -0.127. The van der Waals surface area contributed by atoms with Crippen molar-refractivity contribution in [3.63, 3.8) is 0 Å². The van der Waals surface area contributed by atoms with Crippen molar-refractivity contribution < 1.29 is 28.7 Å². The van der Waals surface area contributed by atoms with E-state index in [1.807, 2.05) is 0 Å². The van der Waals surface area contributed by atoms with E-state index in [0.717, 1.165) is 11.0 Å². The smallest absolute Gasteiger partial charge is 0.338 e. The average Bonchev–Trinajstić information content (AvgIpc) is 3.02. The summed E-state index contributed by atoms with van der Waals surface area (Å²) in [5.74, 6) is -2.37. The van der Waals surface area contributed by atoms with E-state index in [1.165, 1.54) is 24.3 Å². The molecular formula is C22H19N3O6S. The molecule has 2 N–H and O–H groups in total. The zero-order valence-corrected chi connectivity index (χ0v) is 17.8. The minimum absolute atomic E-state index is 0.0741. The SMILES string of the molecule is CCOC(=O)c1ccc(NC(=O)CN2C(=O)SC(=CC(=O)Nc3ccccc3)C2=O)cc1. The number of para-hydroxylation sites is 1. The molecule has 0 aliphatic carbocycles. The van der Waals surface area contributed by atoms with E-state index in [1.54, 1.807) is 37.3 Å². The third-order valence-corrected chi connectivity index (χ3v) is 5.07. The topological polar surface area (TPSA) is 122 Å². The lowest BCUT2D eigenvalue weighted by Crippen LogP contribution is -2.36. The molecule has 3 rings (SSSR count). The van der Waals surface area contributed by atoms with Gasteiger partial charge in [-0.25, -0.2) is 4.79 Å². The van der Waals surface area contributed by atoms with Crippen molar-refractivity contribution in [2.75, 3.05) is 23.8 Å². The number of esters is 1. The fourth-order valence-corrected chi connectivity index (χ4v) is 3.51. The predicted octanol–water partition coefficient (Wildman–Crippen LogP) is 3.02. The second-order valence-corrected chi connectivity index (χ2v) is 7.46. The van der Waals surface area contributed by atoms with Crippen LogP contribution in [-0.2, 0) is 19.1 Å². The highest BCUT2D eigenvalue weighted by Gasteiger charge is 2.36. The maximum Gasteiger partial charge on any atom is 0.338 e. The fourth-order valence-electron chi connectivity index (χ4n) is 2.70. The predicted molar refractivity (Wildman–Crippen MR) is 119 cm³/mol. The van der Waals surface area contributed by atoms with Gasteiger partial charge in [0, 0.05) is 17.5 Å². The summed E-state index contributed by atoms with van der Waals surface area (Å²) >= 11 is 0.585. The molecule has 0 spiro atoms. The van der Waals surface area contributed by atoms with Gasteiger partial charge < -0.3 is 15.4 Å². The first kappa shape index (κ1) is 22.8. The highest BCUT2D eigenvalue weighted by atomic mass is 32.2. The Morgan fingerprint density at radius 2 is 1.62 bits per heavy atom. The molecule has 0 radical (unpaired) electrons. The Morgan fingerprint density at radius 3 is 2.28 bits per heavy atom. The molecule has 1 aliphatic rings. The van der Waals surface area contributed by atoms with Crippen LogP contribution in [0.5, 0.6) is 0 Å². The van der Waals surface area contributed by atoms with E-state index in [4.69, 9.17) is 4.74 Å². The number of carbonyl (C=O) groups is 5. The van der Waals surface area contributed by atoms with Crippen molar-refractivity contribution in [1.82, 2.24) is 4.90 Å². The first-order valence-corrected chi connectivity index (χ1v) is 10.4. The molecule has 0 bridgehead atoms. The van der Waals surface area contributed by atoms with Crippen molar-refractivity contribution in [1.29, 1.82) is 0 Å². The van der Waals surface area contributed by atoms with Crippen LogP contribution >= 0.6 is 11.8 Å². The zero-order chi connectivity index (χ0) is 23.1. The summed E-state index contributed by atoms with van der Waals surface area (Å²) in [4.78, 5) is 61.4. The average molecular weight is 453 g/mol. The van der Waals surface area contributed by atoms with Crippen LogP contribution in [0.1, 0.15) is 17.3 Å². The van der Waals surface area contributed by atoms with Crippen molar-refractivity contribution in [3.8, 4) is 0 Å². The molecule has 1 saturated heterocycles. The molecule has 1 heterocycles. The van der Waals surface area contributed by atoms with Gasteiger partial charge in [0.2, 0.25) is 11.8 Å². The summed E-state index contributed by atoms with van der Waals surface area (Å²) in [7, 11) is 0. The van der Waals surface area contributed by atoms with Crippen molar-refractivity contribution in [3.05, 3.63) is 71.1 Å². The van der Waals surface area contributed by atoms with Crippen LogP contribution < -0.4 is 10.6 Å². The summed E-state index contributed by atoms with van der Waals surface area (Å²) in [6, 6.07) is 14.6. The maximum absolute atomic E-state index is 12.5. The second-order valence-electron chi connectivity index (χ2n) is 6.47. The Kier molecular flexibility index (Phi) is 7.40. The van der Waals surface area contributed by atoms with E-state index in [0.29, 0.717) is 28.7 Å². The quantitative estimate of drug-likeness (QED) is 0.488. The Labute approximate surface area is 187 Å². The number of carbonyl (C=O) groups excluding carboxylic acids is 5. The Balaban J connectivity index is 1.58. The number of hydrogen-bond acceptors (Lipinski definition) is 7. The molecule has 2 aromatic rings. The van der Waals surface area contributed by atoms with Crippen molar-refractivity contribution in [2.24, 2.45) is 0 Å². The van der Waals surface area contributed by atoms with Gasteiger partial charge in [-0.05, 0) is 55.1 Å². The van der Waals surface area contributed by atoms with Gasteiger partial charge >= 0.3 is 5.97 Å². The zero-order valence-electron chi connectivity index (χ0n) is 17.0. The monoisotopic (exact) mass is 453 g/mol. The van der Waals surface area contributed by atoms with E-state index < -0.39 is 35.5 Å². The second kappa shape index (κ2) is 10.4.